The molecule has 1 aromatic carbocycles. The highest BCUT2D eigenvalue weighted by molar-refractivity contribution is 7.18. The predicted octanol–water partition coefficient (Wildman–Crippen LogP) is 2.56. The van der Waals surface area contributed by atoms with Crippen molar-refractivity contribution in [3.63, 3.8) is 0 Å². The molecule has 0 unspecified atom stereocenters. The largest absolute Gasteiger partial charge is 0.347 e. The summed E-state index contributed by atoms with van der Waals surface area (Å²) in [7, 11) is 0. The number of rotatable bonds is 5. The van der Waals surface area contributed by atoms with Gasteiger partial charge in [-0.05, 0) is 49.6 Å². The molecular weight excluding hydrogens is 443 g/mol. The lowest BCUT2D eigenvalue weighted by atomic mass is 10.1. The van der Waals surface area contributed by atoms with Gasteiger partial charge in [0, 0.05) is 30.9 Å². The standard InChI is InChI=1S/C21H22ClFN4O3S/c22-18-7-6-17(31-18)21(30)26-16-3-1-2-15(16)25-20(29)13-5-4-12(10-14(13)23)27-9-8-24-11-19(27)28/h4-7,10,15-16,24H,1-3,8-9,11H2,(H,25,29)(H,26,30)/t15-,16+/m0/s1. The number of carbonyl (C=O) groups excluding carboxylic acids is 3. The number of hydrogen-bond donors (Lipinski definition) is 3. The van der Waals surface area contributed by atoms with Crippen LogP contribution in [0.1, 0.15) is 39.3 Å². The van der Waals surface area contributed by atoms with Gasteiger partial charge in [0.05, 0.1) is 21.3 Å². The van der Waals surface area contributed by atoms with Crippen LogP contribution in [0.3, 0.4) is 0 Å². The van der Waals surface area contributed by atoms with E-state index in [-0.39, 0.29) is 36.0 Å². The predicted molar refractivity (Wildman–Crippen MR) is 117 cm³/mol. The number of hydrogen-bond acceptors (Lipinski definition) is 5. The molecule has 2 atom stereocenters. The smallest absolute Gasteiger partial charge is 0.261 e. The number of nitrogens with zero attached hydrogens (tertiary/aromatic N) is 1. The van der Waals surface area contributed by atoms with Crippen LogP contribution in [-0.2, 0) is 4.79 Å². The van der Waals surface area contributed by atoms with Crippen LogP contribution in [0.4, 0.5) is 10.1 Å². The molecule has 31 heavy (non-hydrogen) atoms. The van der Waals surface area contributed by atoms with E-state index in [4.69, 9.17) is 11.6 Å². The third-order valence-corrected chi connectivity index (χ3v) is 6.77. The maximum atomic E-state index is 14.7. The van der Waals surface area contributed by atoms with Crippen molar-refractivity contribution in [2.75, 3.05) is 24.5 Å². The maximum absolute atomic E-state index is 14.7. The first-order valence-corrected chi connectivity index (χ1v) is 11.3. The third kappa shape index (κ3) is 4.89. The second-order valence-electron chi connectivity index (χ2n) is 7.58. The molecule has 1 aliphatic heterocycles. The average molecular weight is 465 g/mol. The first-order chi connectivity index (χ1) is 14.9. The van der Waals surface area contributed by atoms with Gasteiger partial charge >= 0.3 is 0 Å². The summed E-state index contributed by atoms with van der Waals surface area (Å²) in [5, 5.41) is 8.75. The van der Waals surface area contributed by atoms with Gasteiger partial charge in [0.15, 0.2) is 0 Å². The second kappa shape index (κ2) is 9.33. The summed E-state index contributed by atoms with van der Waals surface area (Å²) < 4.78 is 15.2. The zero-order chi connectivity index (χ0) is 22.0. The Kier molecular flexibility index (Phi) is 6.54. The van der Waals surface area contributed by atoms with E-state index in [0.29, 0.717) is 34.4 Å². The van der Waals surface area contributed by atoms with Crippen molar-refractivity contribution in [3.8, 4) is 0 Å². The van der Waals surface area contributed by atoms with Gasteiger partial charge in [0.25, 0.3) is 11.8 Å². The lowest BCUT2D eigenvalue weighted by Crippen LogP contribution is -2.49. The number of amides is 3. The minimum absolute atomic E-state index is 0.0895. The van der Waals surface area contributed by atoms with Gasteiger partial charge < -0.3 is 20.9 Å². The Balaban J connectivity index is 1.41. The van der Waals surface area contributed by atoms with Gasteiger partial charge in [0.2, 0.25) is 5.91 Å². The molecule has 10 heteroatoms. The van der Waals surface area contributed by atoms with Gasteiger partial charge in [-0.3, -0.25) is 14.4 Å². The fourth-order valence-corrected chi connectivity index (χ4v) is 4.91. The SMILES string of the molecule is O=C(N[C@@H]1CCC[C@@H]1NC(=O)c1ccc(N2CCNCC2=O)cc1F)c1ccc(Cl)s1. The molecule has 3 amide bonds. The van der Waals surface area contributed by atoms with Crippen LogP contribution in [0.5, 0.6) is 0 Å². The summed E-state index contributed by atoms with van der Waals surface area (Å²) in [5.41, 5.74) is 0.342. The number of anilines is 1. The molecular formula is C21H22ClFN4O3S. The van der Waals surface area contributed by atoms with Crippen molar-refractivity contribution < 1.29 is 18.8 Å². The third-order valence-electron chi connectivity index (χ3n) is 5.54. The van der Waals surface area contributed by atoms with Crippen LogP contribution in [0.2, 0.25) is 4.34 Å². The number of halogens is 2. The molecule has 1 saturated heterocycles. The van der Waals surface area contributed by atoms with Crippen molar-refractivity contribution >= 4 is 46.3 Å². The van der Waals surface area contributed by atoms with Crippen LogP contribution >= 0.6 is 22.9 Å². The lowest BCUT2D eigenvalue weighted by Gasteiger charge is -2.27. The van der Waals surface area contributed by atoms with Crippen LogP contribution in [0.15, 0.2) is 30.3 Å². The van der Waals surface area contributed by atoms with Gasteiger partial charge in [-0.25, -0.2) is 4.39 Å². The number of thiophene rings is 1. The molecule has 2 heterocycles. The summed E-state index contributed by atoms with van der Waals surface area (Å²) in [6.07, 6.45) is 2.26. The molecule has 2 aliphatic rings. The van der Waals surface area contributed by atoms with E-state index in [1.807, 2.05) is 0 Å². The van der Waals surface area contributed by atoms with Crippen molar-refractivity contribution in [1.29, 1.82) is 0 Å². The van der Waals surface area contributed by atoms with E-state index < -0.39 is 11.7 Å². The summed E-state index contributed by atoms with van der Waals surface area (Å²) >= 11 is 7.08. The Hall–Kier alpha value is -2.49. The van der Waals surface area contributed by atoms with Gasteiger partial charge in [0.1, 0.15) is 5.82 Å². The zero-order valence-electron chi connectivity index (χ0n) is 16.6. The van der Waals surface area contributed by atoms with Gasteiger partial charge in [-0.1, -0.05) is 11.6 Å². The number of carbonyl (C=O) groups is 3. The lowest BCUT2D eigenvalue weighted by molar-refractivity contribution is -0.118. The number of benzene rings is 1. The summed E-state index contributed by atoms with van der Waals surface area (Å²) in [6.45, 7) is 1.28. The van der Waals surface area contributed by atoms with Crippen molar-refractivity contribution in [2.45, 2.75) is 31.3 Å². The molecule has 3 N–H and O–H groups in total. The molecule has 0 radical (unpaired) electrons. The Morgan fingerprint density at radius 2 is 1.87 bits per heavy atom. The monoisotopic (exact) mass is 464 g/mol. The van der Waals surface area contributed by atoms with E-state index >= 15 is 0 Å². The Morgan fingerprint density at radius 3 is 2.52 bits per heavy atom. The molecule has 7 nitrogen and oxygen atoms in total. The molecule has 1 aromatic heterocycles. The van der Waals surface area contributed by atoms with Crippen LogP contribution in [-0.4, -0.2) is 49.4 Å². The minimum Gasteiger partial charge on any atom is -0.347 e. The molecule has 2 fully saturated rings. The Morgan fingerprint density at radius 1 is 1.13 bits per heavy atom. The summed E-state index contributed by atoms with van der Waals surface area (Å²) in [6, 6.07) is 6.98. The highest BCUT2D eigenvalue weighted by Crippen LogP contribution is 2.25. The Labute approximate surface area is 187 Å². The van der Waals surface area contributed by atoms with Crippen molar-refractivity contribution in [1.82, 2.24) is 16.0 Å². The van der Waals surface area contributed by atoms with Crippen LogP contribution in [0.25, 0.3) is 0 Å². The zero-order valence-corrected chi connectivity index (χ0v) is 18.2. The topological polar surface area (TPSA) is 90.5 Å². The fourth-order valence-electron chi connectivity index (χ4n) is 3.96. The van der Waals surface area contributed by atoms with Crippen LogP contribution < -0.4 is 20.9 Å². The molecule has 164 valence electrons. The van der Waals surface area contributed by atoms with E-state index in [9.17, 15) is 18.8 Å². The van der Waals surface area contributed by atoms with E-state index in [1.165, 1.54) is 28.4 Å². The van der Waals surface area contributed by atoms with Gasteiger partial charge in [-0.2, -0.15) is 0 Å². The Bertz CT molecular complexity index is 1010. The molecule has 2 aromatic rings. The van der Waals surface area contributed by atoms with E-state index in [0.717, 1.165) is 12.8 Å². The van der Waals surface area contributed by atoms with E-state index in [2.05, 4.69) is 16.0 Å². The highest BCUT2D eigenvalue weighted by Gasteiger charge is 2.31. The molecule has 1 aliphatic carbocycles. The van der Waals surface area contributed by atoms with Crippen molar-refractivity contribution in [3.05, 3.63) is 50.9 Å². The molecule has 0 spiro atoms. The second-order valence-corrected chi connectivity index (χ2v) is 9.30. The fraction of sp³-hybridized carbons (Fsp3) is 0.381. The molecule has 0 bridgehead atoms. The number of piperazine rings is 1. The first-order valence-electron chi connectivity index (χ1n) is 10.1. The maximum Gasteiger partial charge on any atom is 0.261 e. The summed E-state index contributed by atoms with van der Waals surface area (Å²) in [5.74, 6) is -1.60. The van der Waals surface area contributed by atoms with Gasteiger partial charge in [-0.15, -0.1) is 11.3 Å². The van der Waals surface area contributed by atoms with Crippen LogP contribution in [0, 0.1) is 5.82 Å². The normalized spacial score (nSPS) is 21.2. The molecule has 4 rings (SSSR count). The first kappa shape index (κ1) is 21.7. The molecule has 1 saturated carbocycles. The summed E-state index contributed by atoms with van der Waals surface area (Å²) in [4.78, 5) is 39.1. The highest BCUT2D eigenvalue weighted by atomic mass is 35.5. The minimum atomic E-state index is -0.687. The quantitative estimate of drug-likeness (QED) is 0.634. The number of nitrogens with one attached hydrogen (secondary N) is 3. The average Bonchev–Trinajstić information content (AvgIpc) is 3.37. The van der Waals surface area contributed by atoms with Crippen molar-refractivity contribution in [2.24, 2.45) is 0 Å². The van der Waals surface area contributed by atoms with E-state index in [1.54, 1.807) is 18.2 Å².